The summed E-state index contributed by atoms with van der Waals surface area (Å²) in [6.45, 7) is 3.14. The number of para-hydroxylation sites is 1. The van der Waals surface area contributed by atoms with Gasteiger partial charge in [0.2, 0.25) is 5.91 Å². The Balaban J connectivity index is 2.10. The molecule has 0 spiro atoms. The molecular weight excluding hydrogens is 306 g/mol. The number of hydrogen-bond donors (Lipinski definition) is 2. The number of amides is 1. The molecule has 4 nitrogen and oxygen atoms in total. The van der Waals surface area contributed by atoms with Crippen molar-refractivity contribution in [2.45, 2.75) is 19.9 Å². The van der Waals surface area contributed by atoms with Crippen LogP contribution in [0.25, 0.3) is 0 Å². The first-order valence-corrected chi connectivity index (χ1v) is 7.91. The van der Waals surface area contributed by atoms with E-state index in [1.165, 1.54) is 0 Å². The van der Waals surface area contributed by atoms with Crippen LogP contribution in [0.3, 0.4) is 0 Å². The SMILES string of the molecule is Cc1ccccc1NC(=S)N(CCC(N)=O)Cc1ccccc1. The fraction of sp³-hybridized carbons (Fsp3) is 0.222. The summed E-state index contributed by atoms with van der Waals surface area (Å²) in [7, 11) is 0. The molecule has 2 rings (SSSR count). The van der Waals surface area contributed by atoms with Gasteiger partial charge >= 0.3 is 0 Å². The monoisotopic (exact) mass is 327 g/mol. The number of aryl methyl sites for hydroxylation is 1. The number of carbonyl (C=O) groups is 1. The molecule has 0 saturated heterocycles. The first-order chi connectivity index (χ1) is 11.1. The van der Waals surface area contributed by atoms with Gasteiger partial charge in [0.1, 0.15) is 0 Å². The van der Waals surface area contributed by atoms with E-state index >= 15 is 0 Å². The third kappa shape index (κ3) is 5.38. The van der Waals surface area contributed by atoms with Crippen molar-refractivity contribution in [1.82, 2.24) is 4.90 Å². The van der Waals surface area contributed by atoms with Crippen LogP contribution in [0.1, 0.15) is 17.5 Å². The van der Waals surface area contributed by atoms with Gasteiger partial charge in [0.05, 0.1) is 0 Å². The lowest BCUT2D eigenvalue weighted by Crippen LogP contribution is -2.36. The lowest BCUT2D eigenvalue weighted by Gasteiger charge is -2.26. The van der Waals surface area contributed by atoms with Crippen LogP contribution in [0.5, 0.6) is 0 Å². The molecule has 0 aliphatic carbocycles. The fourth-order valence-electron chi connectivity index (χ4n) is 2.21. The molecule has 0 radical (unpaired) electrons. The standard InChI is InChI=1S/C18H21N3OS/c1-14-7-5-6-10-16(14)20-18(23)21(12-11-17(19)22)13-15-8-3-2-4-9-15/h2-10H,11-13H2,1H3,(H2,19,22)(H,20,23). The molecule has 5 heteroatoms. The van der Waals surface area contributed by atoms with Gasteiger partial charge in [-0.25, -0.2) is 0 Å². The summed E-state index contributed by atoms with van der Waals surface area (Å²) in [4.78, 5) is 13.1. The minimum Gasteiger partial charge on any atom is -0.370 e. The number of nitrogens with two attached hydrogens (primary N) is 1. The Morgan fingerprint density at radius 1 is 1.13 bits per heavy atom. The minimum atomic E-state index is -0.332. The largest absolute Gasteiger partial charge is 0.370 e. The minimum absolute atomic E-state index is 0.266. The van der Waals surface area contributed by atoms with Crippen LogP contribution in [-0.4, -0.2) is 22.5 Å². The third-order valence-electron chi connectivity index (χ3n) is 3.52. The first-order valence-electron chi connectivity index (χ1n) is 7.50. The van der Waals surface area contributed by atoms with Crippen LogP contribution in [0, 0.1) is 6.92 Å². The maximum atomic E-state index is 11.1. The number of benzene rings is 2. The van der Waals surface area contributed by atoms with E-state index < -0.39 is 0 Å². The summed E-state index contributed by atoms with van der Waals surface area (Å²) >= 11 is 5.53. The average molecular weight is 327 g/mol. The Labute approximate surface area is 142 Å². The number of hydrogen-bond acceptors (Lipinski definition) is 2. The van der Waals surface area contributed by atoms with E-state index in [9.17, 15) is 4.79 Å². The second-order valence-electron chi connectivity index (χ2n) is 5.37. The van der Waals surface area contributed by atoms with E-state index in [1.54, 1.807) is 0 Å². The van der Waals surface area contributed by atoms with E-state index in [-0.39, 0.29) is 12.3 Å². The second-order valence-corrected chi connectivity index (χ2v) is 5.76. The lowest BCUT2D eigenvalue weighted by atomic mass is 10.2. The maximum absolute atomic E-state index is 11.1. The second kappa shape index (κ2) is 8.29. The average Bonchev–Trinajstić information content (AvgIpc) is 2.54. The first kappa shape index (κ1) is 17.0. The molecule has 0 heterocycles. The Bertz CT molecular complexity index is 673. The Morgan fingerprint density at radius 2 is 1.78 bits per heavy atom. The molecule has 2 aromatic carbocycles. The van der Waals surface area contributed by atoms with Crippen molar-refractivity contribution in [2.75, 3.05) is 11.9 Å². The van der Waals surface area contributed by atoms with E-state index in [0.29, 0.717) is 18.2 Å². The number of anilines is 1. The van der Waals surface area contributed by atoms with Crippen LogP contribution >= 0.6 is 12.2 Å². The highest BCUT2D eigenvalue weighted by Crippen LogP contribution is 2.15. The van der Waals surface area contributed by atoms with Crippen molar-refractivity contribution in [3.63, 3.8) is 0 Å². The zero-order chi connectivity index (χ0) is 16.7. The highest BCUT2D eigenvalue weighted by molar-refractivity contribution is 7.80. The summed E-state index contributed by atoms with van der Waals surface area (Å²) in [5.41, 5.74) is 8.49. The molecule has 0 atom stereocenters. The zero-order valence-electron chi connectivity index (χ0n) is 13.2. The number of primary amides is 1. The maximum Gasteiger partial charge on any atom is 0.219 e. The van der Waals surface area contributed by atoms with Crippen LogP contribution in [-0.2, 0) is 11.3 Å². The van der Waals surface area contributed by atoms with Crippen LogP contribution in [0.4, 0.5) is 5.69 Å². The van der Waals surface area contributed by atoms with Gasteiger partial charge in [0, 0.05) is 25.2 Å². The van der Waals surface area contributed by atoms with Gasteiger partial charge < -0.3 is 16.0 Å². The van der Waals surface area contributed by atoms with Crippen LogP contribution in [0.2, 0.25) is 0 Å². The van der Waals surface area contributed by atoms with Crippen LogP contribution in [0.15, 0.2) is 54.6 Å². The van der Waals surface area contributed by atoms with Crippen molar-refractivity contribution in [3.8, 4) is 0 Å². The van der Waals surface area contributed by atoms with E-state index in [2.05, 4.69) is 5.32 Å². The molecule has 0 unspecified atom stereocenters. The quantitative estimate of drug-likeness (QED) is 0.801. The van der Waals surface area contributed by atoms with Gasteiger partial charge in [-0.3, -0.25) is 4.79 Å². The van der Waals surface area contributed by atoms with Gasteiger partial charge in [-0.05, 0) is 36.3 Å². The molecule has 0 bridgehead atoms. The molecule has 0 fully saturated rings. The summed E-state index contributed by atoms with van der Waals surface area (Å²) in [6.07, 6.45) is 0.266. The van der Waals surface area contributed by atoms with Crippen molar-refractivity contribution >= 4 is 28.9 Å². The molecule has 2 aromatic rings. The Morgan fingerprint density at radius 3 is 2.43 bits per heavy atom. The summed E-state index contributed by atoms with van der Waals surface area (Å²) in [5.74, 6) is -0.332. The predicted octanol–water partition coefficient (Wildman–Crippen LogP) is 3.07. The number of nitrogens with one attached hydrogen (secondary N) is 1. The summed E-state index contributed by atoms with van der Waals surface area (Å²) < 4.78 is 0. The highest BCUT2D eigenvalue weighted by atomic mass is 32.1. The molecule has 0 aliphatic rings. The van der Waals surface area contributed by atoms with Gasteiger partial charge in [-0.2, -0.15) is 0 Å². The van der Waals surface area contributed by atoms with Crippen molar-refractivity contribution in [1.29, 1.82) is 0 Å². The molecule has 120 valence electrons. The molecule has 0 aromatic heterocycles. The highest BCUT2D eigenvalue weighted by Gasteiger charge is 2.12. The van der Waals surface area contributed by atoms with Gasteiger partial charge in [0.15, 0.2) is 5.11 Å². The zero-order valence-corrected chi connectivity index (χ0v) is 14.0. The van der Waals surface area contributed by atoms with Crippen molar-refractivity contribution in [3.05, 3.63) is 65.7 Å². The lowest BCUT2D eigenvalue weighted by molar-refractivity contribution is -0.118. The Kier molecular flexibility index (Phi) is 6.11. The predicted molar refractivity (Wildman–Crippen MR) is 98.1 cm³/mol. The molecule has 23 heavy (non-hydrogen) atoms. The van der Waals surface area contributed by atoms with E-state index in [1.807, 2.05) is 66.4 Å². The summed E-state index contributed by atoms with van der Waals surface area (Å²) in [6, 6.07) is 18.0. The van der Waals surface area contributed by atoms with E-state index in [0.717, 1.165) is 16.8 Å². The molecular formula is C18H21N3OS. The number of carbonyl (C=O) groups excluding carboxylic acids is 1. The topological polar surface area (TPSA) is 58.4 Å². The van der Waals surface area contributed by atoms with Gasteiger partial charge in [0.25, 0.3) is 0 Å². The number of thiocarbonyl (C=S) groups is 1. The Hall–Kier alpha value is -2.40. The van der Waals surface area contributed by atoms with Gasteiger partial charge in [-0.15, -0.1) is 0 Å². The smallest absolute Gasteiger partial charge is 0.219 e. The molecule has 1 amide bonds. The third-order valence-corrected chi connectivity index (χ3v) is 3.88. The van der Waals surface area contributed by atoms with Crippen LogP contribution < -0.4 is 11.1 Å². The molecule has 3 N–H and O–H groups in total. The normalized spacial score (nSPS) is 10.1. The van der Waals surface area contributed by atoms with Crippen molar-refractivity contribution < 1.29 is 4.79 Å². The number of rotatable bonds is 6. The molecule has 0 aliphatic heterocycles. The van der Waals surface area contributed by atoms with Crippen molar-refractivity contribution in [2.24, 2.45) is 5.73 Å². The molecule has 0 saturated carbocycles. The van der Waals surface area contributed by atoms with Gasteiger partial charge in [-0.1, -0.05) is 48.5 Å². The number of nitrogens with zero attached hydrogens (tertiary/aromatic N) is 1. The summed E-state index contributed by atoms with van der Waals surface area (Å²) in [5, 5.41) is 3.85. The van der Waals surface area contributed by atoms with E-state index in [4.69, 9.17) is 18.0 Å². The fourth-order valence-corrected chi connectivity index (χ4v) is 2.47.